The fourth-order valence-electron chi connectivity index (χ4n) is 2.70. The van der Waals surface area contributed by atoms with Gasteiger partial charge < -0.3 is 5.11 Å². The Morgan fingerprint density at radius 2 is 1.92 bits per heavy atom. The maximum absolute atomic E-state index is 9.26. The lowest BCUT2D eigenvalue weighted by Crippen LogP contribution is -2.27. The summed E-state index contributed by atoms with van der Waals surface area (Å²) in [5.41, 5.74) is 0. The van der Waals surface area contributed by atoms with E-state index >= 15 is 0 Å². The molecule has 0 bridgehead atoms. The molecule has 0 aromatic carbocycles. The van der Waals surface area contributed by atoms with Gasteiger partial charge in [0.1, 0.15) is 0 Å². The third kappa shape index (κ3) is 3.30. The Hall–Kier alpha value is -0.0400. The standard InChI is InChI=1S/C12H24O/c1-9(2)6-12-7-10(3)4-5-11(12)8-13/h9-13H,4-8H2,1-3H3. The molecule has 3 unspecified atom stereocenters. The Morgan fingerprint density at radius 1 is 1.23 bits per heavy atom. The van der Waals surface area contributed by atoms with E-state index in [0.717, 1.165) is 17.8 Å². The molecule has 1 nitrogen and oxygen atoms in total. The van der Waals surface area contributed by atoms with E-state index in [-0.39, 0.29) is 0 Å². The van der Waals surface area contributed by atoms with Gasteiger partial charge in [-0.15, -0.1) is 0 Å². The van der Waals surface area contributed by atoms with Crippen molar-refractivity contribution >= 4 is 0 Å². The molecule has 0 aromatic heterocycles. The molecule has 1 aliphatic carbocycles. The van der Waals surface area contributed by atoms with Crippen molar-refractivity contribution in [2.45, 2.75) is 46.5 Å². The topological polar surface area (TPSA) is 20.2 Å². The van der Waals surface area contributed by atoms with Gasteiger partial charge in [-0.2, -0.15) is 0 Å². The van der Waals surface area contributed by atoms with Gasteiger partial charge in [0.25, 0.3) is 0 Å². The summed E-state index contributed by atoms with van der Waals surface area (Å²) in [6.45, 7) is 7.33. The van der Waals surface area contributed by atoms with Gasteiger partial charge in [-0.05, 0) is 42.9 Å². The Morgan fingerprint density at radius 3 is 2.46 bits per heavy atom. The summed E-state index contributed by atoms with van der Waals surface area (Å²) < 4.78 is 0. The molecule has 3 atom stereocenters. The second-order valence-corrected chi connectivity index (χ2v) is 5.25. The van der Waals surface area contributed by atoms with Crippen LogP contribution in [0.3, 0.4) is 0 Å². The molecule has 1 rings (SSSR count). The second kappa shape index (κ2) is 4.99. The lowest BCUT2D eigenvalue weighted by atomic mass is 9.72. The van der Waals surface area contributed by atoms with E-state index in [2.05, 4.69) is 20.8 Å². The van der Waals surface area contributed by atoms with Crippen molar-refractivity contribution in [3.05, 3.63) is 0 Å². The quantitative estimate of drug-likeness (QED) is 0.714. The molecule has 1 heteroatoms. The van der Waals surface area contributed by atoms with Gasteiger partial charge in [0.2, 0.25) is 0 Å². The molecule has 13 heavy (non-hydrogen) atoms. The smallest absolute Gasteiger partial charge is 0.0461 e. The van der Waals surface area contributed by atoms with Crippen LogP contribution in [0.25, 0.3) is 0 Å². The average molecular weight is 184 g/mol. The molecule has 0 spiro atoms. The number of hydrogen-bond acceptors (Lipinski definition) is 1. The Kier molecular flexibility index (Phi) is 4.24. The maximum Gasteiger partial charge on any atom is 0.0461 e. The first-order valence-electron chi connectivity index (χ1n) is 5.74. The highest BCUT2D eigenvalue weighted by atomic mass is 16.3. The normalized spacial score (nSPS) is 35.3. The van der Waals surface area contributed by atoms with Gasteiger partial charge in [-0.1, -0.05) is 27.2 Å². The van der Waals surface area contributed by atoms with Gasteiger partial charge in [0, 0.05) is 6.61 Å². The van der Waals surface area contributed by atoms with E-state index in [0.29, 0.717) is 12.5 Å². The predicted molar refractivity (Wildman–Crippen MR) is 56.5 cm³/mol. The van der Waals surface area contributed by atoms with Crippen molar-refractivity contribution < 1.29 is 5.11 Å². The van der Waals surface area contributed by atoms with Crippen LogP contribution in [0.5, 0.6) is 0 Å². The fraction of sp³-hybridized carbons (Fsp3) is 1.00. The molecule has 1 aliphatic rings. The fourth-order valence-corrected chi connectivity index (χ4v) is 2.70. The van der Waals surface area contributed by atoms with Crippen LogP contribution in [0.4, 0.5) is 0 Å². The van der Waals surface area contributed by atoms with Crippen molar-refractivity contribution in [3.63, 3.8) is 0 Å². The zero-order valence-corrected chi connectivity index (χ0v) is 9.29. The highest BCUT2D eigenvalue weighted by Crippen LogP contribution is 2.36. The Labute approximate surface area is 82.5 Å². The SMILES string of the molecule is CC(C)CC1CC(C)CCC1CO. The molecular formula is C12H24O. The molecule has 1 saturated carbocycles. The van der Waals surface area contributed by atoms with Crippen LogP contribution in [-0.2, 0) is 0 Å². The zero-order chi connectivity index (χ0) is 9.84. The molecule has 0 heterocycles. The van der Waals surface area contributed by atoms with E-state index in [1.54, 1.807) is 0 Å². The van der Waals surface area contributed by atoms with Gasteiger partial charge in [0.15, 0.2) is 0 Å². The van der Waals surface area contributed by atoms with Gasteiger partial charge in [-0.25, -0.2) is 0 Å². The van der Waals surface area contributed by atoms with Crippen LogP contribution in [0.15, 0.2) is 0 Å². The third-order valence-corrected chi connectivity index (χ3v) is 3.41. The molecule has 0 saturated heterocycles. The van der Waals surface area contributed by atoms with Crippen molar-refractivity contribution in [2.75, 3.05) is 6.61 Å². The first-order chi connectivity index (χ1) is 6.13. The Balaban J connectivity index is 2.44. The molecule has 0 amide bonds. The summed E-state index contributed by atoms with van der Waals surface area (Å²) in [6.07, 6.45) is 5.20. The number of aliphatic hydroxyl groups is 1. The molecule has 78 valence electrons. The van der Waals surface area contributed by atoms with E-state index in [1.165, 1.54) is 25.7 Å². The van der Waals surface area contributed by atoms with Crippen molar-refractivity contribution in [3.8, 4) is 0 Å². The highest BCUT2D eigenvalue weighted by molar-refractivity contribution is 4.78. The van der Waals surface area contributed by atoms with Crippen LogP contribution in [-0.4, -0.2) is 11.7 Å². The predicted octanol–water partition coefficient (Wildman–Crippen LogP) is 3.08. The van der Waals surface area contributed by atoms with Crippen LogP contribution < -0.4 is 0 Å². The van der Waals surface area contributed by atoms with Crippen LogP contribution >= 0.6 is 0 Å². The van der Waals surface area contributed by atoms with Gasteiger partial charge in [0.05, 0.1) is 0 Å². The first-order valence-corrected chi connectivity index (χ1v) is 5.74. The summed E-state index contributed by atoms with van der Waals surface area (Å²) in [7, 11) is 0. The first kappa shape index (κ1) is 11.0. The monoisotopic (exact) mass is 184 g/mol. The second-order valence-electron chi connectivity index (χ2n) is 5.25. The lowest BCUT2D eigenvalue weighted by Gasteiger charge is -2.34. The minimum atomic E-state index is 0.407. The molecule has 0 aliphatic heterocycles. The maximum atomic E-state index is 9.26. The molecule has 0 aromatic rings. The van der Waals surface area contributed by atoms with E-state index in [1.807, 2.05) is 0 Å². The average Bonchev–Trinajstić information content (AvgIpc) is 2.03. The summed E-state index contributed by atoms with van der Waals surface area (Å²) in [5.74, 6) is 3.04. The number of hydrogen-bond donors (Lipinski definition) is 1. The van der Waals surface area contributed by atoms with E-state index in [9.17, 15) is 5.11 Å². The van der Waals surface area contributed by atoms with Crippen LogP contribution in [0, 0.1) is 23.7 Å². The third-order valence-electron chi connectivity index (χ3n) is 3.41. The Bertz CT molecular complexity index is 140. The molecule has 1 fully saturated rings. The van der Waals surface area contributed by atoms with Crippen LogP contribution in [0.1, 0.15) is 46.5 Å². The van der Waals surface area contributed by atoms with Crippen LogP contribution in [0.2, 0.25) is 0 Å². The molecule has 0 radical (unpaired) electrons. The van der Waals surface area contributed by atoms with Crippen molar-refractivity contribution in [1.29, 1.82) is 0 Å². The highest BCUT2D eigenvalue weighted by Gasteiger charge is 2.28. The summed E-state index contributed by atoms with van der Waals surface area (Å²) in [4.78, 5) is 0. The lowest BCUT2D eigenvalue weighted by molar-refractivity contribution is 0.0988. The minimum Gasteiger partial charge on any atom is -0.396 e. The van der Waals surface area contributed by atoms with Gasteiger partial charge in [-0.3, -0.25) is 0 Å². The molecule has 1 N–H and O–H groups in total. The van der Waals surface area contributed by atoms with Crippen molar-refractivity contribution in [2.24, 2.45) is 23.7 Å². The van der Waals surface area contributed by atoms with Gasteiger partial charge >= 0.3 is 0 Å². The van der Waals surface area contributed by atoms with E-state index < -0.39 is 0 Å². The molecular weight excluding hydrogens is 160 g/mol. The zero-order valence-electron chi connectivity index (χ0n) is 9.29. The van der Waals surface area contributed by atoms with E-state index in [4.69, 9.17) is 0 Å². The van der Waals surface area contributed by atoms with Crippen molar-refractivity contribution in [1.82, 2.24) is 0 Å². The summed E-state index contributed by atoms with van der Waals surface area (Å²) in [6, 6.07) is 0. The number of aliphatic hydroxyl groups excluding tert-OH is 1. The number of rotatable bonds is 3. The minimum absolute atomic E-state index is 0.407. The summed E-state index contributed by atoms with van der Waals surface area (Å²) in [5, 5.41) is 9.26. The summed E-state index contributed by atoms with van der Waals surface area (Å²) >= 11 is 0. The largest absolute Gasteiger partial charge is 0.396 e.